The Balaban J connectivity index is 1.67. The Morgan fingerprint density at radius 2 is 2.11 bits per heavy atom. The van der Waals surface area contributed by atoms with Crippen LogP contribution in [0.2, 0.25) is 0 Å². The molecular weight excluding hydrogens is 224 g/mol. The van der Waals surface area contributed by atoms with Crippen molar-refractivity contribution in [1.29, 1.82) is 5.26 Å². The number of likely N-dealkylation sites (tertiary alicyclic amines) is 1. The second kappa shape index (κ2) is 7.03. The number of nitrogens with zero attached hydrogens (tertiary/aromatic N) is 2. The Morgan fingerprint density at radius 3 is 2.89 bits per heavy atom. The first-order valence-electron chi connectivity index (χ1n) is 6.71. The van der Waals surface area contributed by atoms with Crippen molar-refractivity contribution >= 4 is 0 Å². The number of piperidine rings is 1. The maximum atomic E-state index is 9.07. The molecule has 1 heterocycles. The zero-order valence-electron chi connectivity index (χ0n) is 10.7. The lowest BCUT2D eigenvalue weighted by atomic mass is 10.0. The molecule has 0 spiro atoms. The lowest BCUT2D eigenvalue weighted by molar-refractivity contribution is 0.169. The number of ether oxygens (including phenoxy) is 1. The lowest BCUT2D eigenvalue weighted by Crippen LogP contribution is -2.39. The first kappa shape index (κ1) is 12.9. The van der Waals surface area contributed by atoms with E-state index in [0.717, 1.165) is 38.3 Å². The Morgan fingerprint density at radius 1 is 1.28 bits per heavy atom. The van der Waals surface area contributed by atoms with Crippen LogP contribution in [0.4, 0.5) is 0 Å². The van der Waals surface area contributed by atoms with Gasteiger partial charge in [0.05, 0.1) is 18.7 Å². The summed E-state index contributed by atoms with van der Waals surface area (Å²) < 4.78 is 5.66. The third kappa shape index (κ3) is 3.75. The van der Waals surface area contributed by atoms with Crippen molar-refractivity contribution in [2.24, 2.45) is 0 Å². The van der Waals surface area contributed by atoms with Crippen LogP contribution in [-0.2, 0) is 0 Å². The van der Waals surface area contributed by atoms with Gasteiger partial charge >= 0.3 is 0 Å². The fraction of sp³-hybridized carbons (Fsp3) is 0.533. The van der Waals surface area contributed by atoms with Gasteiger partial charge in [0, 0.05) is 6.54 Å². The van der Waals surface area contributed by atoms with E-state index in [2.05, 4.69) is 11.0 Å². The third-order valence-electron chi connectivity index (χ3n) is 3.36. The topological polar surface area (TPSA) is 36.3 Å². The second-order valence-electron chi connectivity index (χ2n) is 4.69. The van der Waals surface area contributed by atoms with Crippen molar-refractivity contribution < 1.29 is 4.74 Å². The van der Waals surface area contributed by atoms with E-state index in [1.165, 1.54) is 12.8 Å². The van der Waals surface area contributed by atoms with E-state index >= 15 is 0 Å². The molecule has 96 valence electrons. The van der Waals surface area contributed by atoms with Crippen LogP contribution in [0, 0.1) is 11.3 Å². The summed E-state index contributed by atoms with van der Waals surface area (Å²) in [4.78, 5) is 2.29. The molecule has 1 unspecified atom stereocenters. The Hall–Kier alpha value is -1.53. The zero-order chi connectivity index (χ0) is 12.6. The smallest absolute Gasteiger partial charge is 0.119 e. The van der Waals surface area contributed by atoms with Crippen molar-refractivity contribution in [2.45, 2.75) is 31.7 Å². The normalized spacial score (nSPS) is 20.3. The Labute approximate surface area is 109 Å². The van der Waals surface area contributed by atoms with Gasteiger partial charge in [-0.15, -0.1) is 0 Å². The SMILES string of the molecule is N#CC1CCCCN1CCCOc1ccccc1. The monoisotopic (exact) mass is 244 g/mol. The first-order chi connectivity index (χ1) is 8.90. The van der Waals surface area contributed by atoms with E-state index in [4.69, 9.17) is 10.00 Å². The molecule has 0 amide bonds. The molecule has 2 rings (SSSR count). The number of benzene rings is 1. The molecule has 1 aliphatic heterocycles. The fourth-order valence-electron chi connectivity index (χ4n) is 2.38. The summed E-state index contributed by atoms with van der Waals surface area (Å²) >= 11 is 0. The van der Waals surface area contributed by atoms with Crippen LogP contribution >= 0.6 is 0 Å². The number of hydrogen-bond acceptors (Lipinski definition) is 3. The largest absolute Gasteiger partial charge is 0.494 e. The lowest BCUT2D eigenvalue weighted by Gasteiger charge is -2.31. The predicted molar refractivity (Wildman–Crippen MR) is 71.4 cm³/mol. The van der Waals surface area contributed by atoms with Gasteiger partial charge < -0.3 is 4.74 Å². The van der Waals surface area contributed by atoms with Gasteiger partial charge in [0.15, 0.2) is 0 Å². The van der Waals surface area contributed by atoms with Crippen LogP contribution in [0.25, 0.3) is 0 Å². The number of nitriles is 1. The van der Waals surface area contributed by atoms with Crippen LogP contribution in [-0.4, -0.2) is 30.6 Å². The van der Waals surface area contributed by atoms with E-state index in [9.17, 15) is 0 Å². The Kier molecular flexibility index (Phi) is 5.04. The van der Waals surface area contributed by atoms with Gasteiger partial charge in [0.2, 0.25) is 0 Å². The van der Waals surface area contributed by atoms with Gasteiger partial charge in [-0.3, -0.25) is 4.90 Å². The summed E-state index contributed by atoms with van der Waals surface area (Å²) in [5.41, 5.74) is 0. The summed E-state index contributed by atoms with van der Waals surface area (Å²) in [5.74, 6) is 0.924. The van der Waals surface area contributed by atoms with E-state index in [1.807, 2.05) is 30.3 Å². The molecular formula is C15H20N2O. The maximum Gasteiger partial charge on any atom is 0.119 e. The molecule has 0 aliphatic carbocycles. The number of rotatable bonds is 5. The molecule has 1 aromatic rings. The quantitative estimate of drug-likeness (QED) is 0.747. The molecule has 0 N–H and O–H groups in total. The minimum absolute atomic E-state index is 0.121. The number of hydrogen-bond donors (Lipinski definition) is 0. The summed E-state index contributed by atoms with van der Waals surface area (Å²) in [5, 5.41) is 9.07. The minimum atomic E-state index is 0.121. The molecule has 1 atom stereocenters. The van der Waals surface area contributed by atoms with E-state index in [1.54, 1.807) is 0 Å². The van der Waals surface area contributed by atoms with Crippen LogP contribution in [0.3, 0.4) is 0 Å². The molecule has 0 saturated carbocycles. The first-order valence-corrected chi connectivity index (χ1v) is 6.71. The van der Waals surface area contributed by atoms with Gasteiger partial charge in [0.25, 0.3) is 0 Å². The molecule has 0 radical (unpaired) electrons. The summed E-state index contributed by atoms with van der Waals surface area (Å²) in [6.07, 6.45) is 4.41. The van der Waals surface area contributed by atoms with E-state index in [0.29, 0.717) is 0 Å². The average molecular weight is 244 g/mol. The molecule has 1 aromatic carbocycles. The molecule has 18 heavy (non-hydrogen) atoms. The zero-order valence-corrected chi connectivity index (χ0v) is 10.7. The van der Waals surface area contributed by atoms with Crippen molar-refractivity contribution in [3.05, 3.63) is 30.3 Å². The predicted octanol–water partition coefficient (Wildman–Crippen LogP) is 2.83. The van der Waals surface area contributed by atoms with Crippen molar-refractivity contribution in [3.8, 4) is 11.8 Å². The van der Waals surface area contributed by atoms with E-state index in [-0.39, 0.29) is 6.04 Å². The highest BCUT2D eigenvalue weighted by molar-refractivity contribution is 5.20. The molecule has 0 bridgehead atoms. The van der Waals surface area contributed by atoms with Gasteiger partial charge in [-0.1, -0.05) is 18.2 Å². The van der Waals surface area contributed by atoms with Gasteiger partial charge in [0.1, 0.15) is 5.75 Å². The van der Waals surface area contributed by atoms with Gasteiger partial charge in [-0.2, -0.15) is 5.26 Å². The molecule has 1 fully saturated rings. The van der Waals surface area contributed by atoms with Crippen molar-refractivity contribution in [3.63, 3.8) is 0 Å². The average Bonchev–Trinajstić information content (AvgIpc) is 2.45. The van der Waals surface area contributed by atoms with Crippen LogP contribution < -0.4 is 4.74 Å². The van der Waals surface area contributed by atoms with Gasteiger partial charge in [-0.05, 0) is 44.4 Å². The van der Waals surface area contributed by atoms with Crippen molar-refractivity contribution in [1.82, 2.24) is 4.90 Å². The molecule has 3 heteroatoms. The molecule has 1 aliphatic rings. The maximum absolute atomic E-state index is 9.07. The second-order valence-corrected chi connectivity index (χ2v) is 4.69. The highest BCUT2D eigenvalue weighted by atomic mass is 16.5. The summed E-state index contributed by atoms with van der Waals surface area (Å²) in [6, 6.07) is 12.4. The highest BCUT2D eigenvalue weighted by Gasteiger charge is 2.20. The molecule has 0 aromatic heterocycles. The fourth-order valence-corrected chi connectivity index (χ4v) is 2.38. The minimum Gasteiger partial charge on any atom is -0.494 e. The summed E-state index contributed by atoms with van der Waals surface area (Å²) in [7, 11) is 0. The van der Waals surface area contributed by atoms with E-state index < -0.39 is 0 Å². The van der Waals surface area contributed by atoms with Crippen LogP contribution in [0.1, 0.15) is 25.7 Å². The summed E-state index contributed by atoms with van der Waals surface area (Å²) in [6.45, 7) is 2.74. The van der Waals surface area contributed by atoms with Crippen LogP contribution in [0.5, 0.6) is 5.75 Å². The number of para-hydroxylation sites is 1. The van der Waals surface area contributed by atoms with Gasteiger partial charge in [-0.25, -0.2) is 0 Å². The standard InChI is InChI=1S/C15H20N2O/c16-13-14-7-4-5-10-17(14)11-6-12-18-15-8-2-1-3-9-15/h1-3,8-9,14H,4-7,10-12H2. The third-order valence-corrected chi connectivity index (χ3v) is 3.36. The Bertz CT molecular complexity index is 385. The molecule has 3 nitrogen and oxygen atoms in total. The van der Waals surface area contributed by atoms with Crippen LogP contribution in [0.15, 0.2) is 30.3 Å². The molecule has 1 saturated heterocycles. The van der Waals surface area contributed by atoms with Crippen molar-refractivity contribution in [2.75, 3.05) is 19.7 Å². The highest BCUT2D eigenvalue weighted by Crippen LogP contribution is 2.16.